The average molecular weight is 449 g/mol. The van der Waals surface area contributed by atoms with Crippen molar-refractivity contribution in [2.75, 3.05) is 5.32 Å². The summed E-state index contributed by atoms with van der Waals surface area (Å²) in [6.07, 6.45) is 11.8. The highest BCUT2D eigenvalue weighted by Gasteiger charge is 2.33. The number of anilines is 1. The lowest BCUT2D eigenvalue weighted by Crippen LogP contribution is -2.48. The van der Waals surface area contributed by atoms with E-state index in [0.29, 0.717) is 28.9 Å². The van der Waals surface area contributed by atoms with Gasteiger partial charge in [0.2, 0.25) is 0 Å². The Labute approximate surface area is 197 Å². The molecule has 0 aromatic heterocycles. The monoisotopic (exact) mass is 448 g/mol. The highest BCUT2D eigenvalue weighted by Crippen LogP contribution is 2.32. The molecule has 2 amide bonds. The predicted octanol–water partition coefficient (Wildman–Crippen LogP) is 6.37. The van der Waals surface area contributed by atoms with Crippen molar-refractivity contribution < 1.29 is 14.7 Å². The molecule has 0 heterocycles. The predicted molar refractivity (Wildman–Crippen MR) is 132 cm³/mol. The molecule has 5 heteroatoms. The van der Waals surface area contributed by atoms with Gasteiger partial charge in [0, 0.05) is 28.9 Å². The van der Waals surface area contributed by atoms with E-state index in [2.05, 4.69) is 10.2 Å². The maximum Gasteiger partial charge on any atom is 0.255 e. The third-order valence-electron chi connectivity index (χ3n) is 7.31. The van der Waals surface area contributed by atoms with Crippen LogP contribution in [0.2, 0.25) is 0 Å². The van der Waals surface area contributed by atoms with Gasteiger partial charge in [-0.2, -0.15) is 0 Å². The van der Waals surface area contributed by atoms with Crippen molar-refractivity contribution in [3.8, 4) is 5.75 Å². The Hall–Kier alpha value is -2.82. The molecule has 2 aliphatic carbocycles. The van der Waals surface area contributed by atoms with Gasteiger partial charge in [-0.15, -0.1) is 0 Å². The number of phenols is 1. The molecule has 0 spiro atoms. The summed E-state index contributed by atoms with van der Waals surface area (Å²) in [6.45, 7) is 3.62. The lowest BCUT2D eigenvalue weighted by molar-refractivity contribution is 0.0448. The number of carbonyl (C=O) groups excluding carboxylic acids is 2. The fraction of sp³-hybridized carbons (Fsp3) is 0.500. The van der Waals surface area contributed by atoms with E-state index >= 15 is 0 Å². The molecule has 176 valence electrons. The van der Waals surface area contributed by atoms with Crippen molar-refractivity contribution in [2.45, 2.75) is 90.1 Å². The van der Waals surface area contributed by atoms with Gasteiger partial charge in [-0.1, -0.05) is 38.5 Å². The maximum absolute atomic E-state index is 13.6. The minimum Gasteiger partial charge on any atom is -0.507 e. The Morgan fingerprint density at radius 3 is 1.73 bits per heavy atom. The van der Waals surface area contributed by atoms with Gasteiger partial charge in [0.1, 0.15) is 5.75 Å². The van der Waals surface area contributed by atoms with E-state index in [9.17, 15) is 14.7 Å². The number of amides is 2. The van der Waals surface area contributed by atoms with E-state index in [1.807, 2.05) is 13.8 Å². The number of aromatic hydroxyl groups is 1. The van der Waals surface area contributed by atoms with Gasteiger partial charge in [0.05, 0.1) is 0 Å². The van der Waals surface area contributed by atoms with Gasteiger partial charge < -0.3 is 15.3 Å². The average Bonchev–Trinajstić information content (AvgIpc) is 2.84. The number of rotatable bonds is 5. The molecule has 0 aliphatic heterocycles. The Kier molecular flexibility index (Phi) is 7.36. The number of carbonyl (C=O) groups is 2. The maximum atomic E-state index is 13.6. The topological polar surface area (TPSA) is 69.6 Å². The largest absolute Gasteiger partial charge is 0.507 e. The molecule has 2 aromatic carbocycles. The first kappa shape index (κ1) is 23.3. The first-order valence-electron chi connectivity index (χ1n) is 12.5. The van der Waals surface area contributed by atoms with Gasteiger partial charge in [0.25, 0.3) is 11.8 Å². The standard InChI is InChI=1S/C28H36N2O3/c1-19-17-23(18-20(2)26(19)31)29-27(32)21-13-15-22(16-14-21)28(33)30(24-9-5-3-6-10-24)25-11-7-4-8-12-25/h13-18,24-25,31H,3-12H2,1-2H3,(H,29,32). The third kappa shape index (κ3) is 5.40. The van der Waals surface area contributed by atoms with Gasteiger partial charge in [0.15, 0.2) is 0 Å². The summed E-state index contributed by atoms with van der Waals surface area (Å²) < 4.78 is 0. The van der Waals surface area contributed by atoms with E-state index in [0.717, 1.165) is 36.8 Å². The van der Waals surface area contributed by atoms with E-state index in [1.54, 1.807) is 36.4 Å². The number of hydrogen-bond acceptors (Lipinski definition) is 3. The summed E-state index contributed by atoms with van der Waals surface area (Å²) in [4.78, 5) is 28.6. The summed E-state index contributed by atoms with van der Waals surface area (Å²) in [5, 5.41) is 12.8. The van der Waals surface area contributed by atoms with Crippen LogP contribution in [0.4, 0.5) is 5.69 Å². The van der Waals surface area contributed by atoms with E-state index < -0.39 is 0 Å². The lowest BCUT2D eigenvalue weighted by Gasteiger charge is -2.42. The van der Waals surface area contributed by atoms with E-state index in [4.69, 9.17) is 0 Å². The second kappa shape index (κ2) is 10.4. The van der Waals surface area contributed by atoms with E-state index in [-0.39, 0.29) is 17.6 Å². The van der Waals surface area contributed by atoms with E-state index in [1.165, 1.54) is 38.5 Å². The van der Waals surface area contributed by atoms with Gasteiger partial charge in [-0.3, -0.25) is 9.59 Å². The van der Waals surface area contributed by atoms with Gasteiger partial charge in [-0.05, 0) is 87.1 Å². The van der Waals surface area contributed by atoms with Crippen LogP contribution in [-0.2, 0) is 0 Å². The van der Waals surface area contributed by atoms with Crippen LogP contribution < -0.4 is 5.32 Å². The SMILES string of the molecule is Cc1cc(NC(=O)c2ccc(C(=O)N(C3CCCCC3)C3CCCCC3)cc2)cc(C)c1O. The van der Waals surface area contributed by atoms with Crippen LogP contribution in [0.5, 0.6) is 5.75 Å². The van der Waals surface area contributed by atoms with Gasteiger partial charge >= 0.3 is 0 Å². The molecule has 0 unspecified atom stereocenters. The molecule has 0 radical (unpaired) electrons. The summed E-state index contributed by atoms with van der Waals surface area (Å²) in [7, 11) is 0. The molecule has 2 fully saturated rings. The normalized spacial score (nSPS) is 17.5. The highest BCUT2D eigenvalue weighted by molar-refractivity contribution is 6.05. The molecule has 4 rings (SSSR count). The van der Waals surface area contributed by atoms with Crippen molar-refractivity contribution in [1.82, 2.24) is 4.90 Å². The number of hydrogen-bond donors (Lipinski definition) is 2. The first-order valence-corrected chi connectivity index (χ1v) is 12.5. The minimum absolute atomic E-state index is 0.116. The Morgan fingerprint density at radius 2 is 1.24 bits per heavy atom. The Bertz CT molecular complexity index is 946. The molecule has 5 nitrogen and oxygen atoms in total. The third-order valence-corrected chi connectivity index (χ3v) is 7.31. The number of phenolic OH excluding ortho intramolecular Hbond substituents is 1. The fourth-order valence-electron chi connectivity index (χ4n) is 5.49. The quantitative estimate of drug-likeness (QED) is 0.522. The molecule has 2 saturated carbocycles. The molecule has 0 saturated heterocycles. The zero-order valence-corrected chi connectivity index (χ0v) is 19.9. The summed E-state index contributed by atoms with van der Waals surface area (Å²) >= 11 is 0. The van der Waals surface area contributed by atoms with Crippen LogP contribution in [0.15, 0.2) is 36.4 Å². The number of aryl methyl sites for hydroxylation is 2. The number of nitrogens with one attached hydrogen (secondary N) is 1. The van der Waals surface area contributed by atoms with Crippen molar-refractivity contribution in [3.63, 3.8) is 0 Å². The summed E-state index contributed by atoms with van der Waals surface area (Å²) in [6, 6.07) is 11.3. The smallest absolute Gasteiger partial charge is 0.255 e. The Balaban J connectivity index is 1.49. The molecule has 0 atom stereocenters. The fourth-order valence-corrected chi connectivity index (χ4v) is 5.49. The molecule has 2 aromatic rings. The molecular formula is C28H36N2O3. The van der Waals surface area contributed by atoms with Crippen molar-refractivity contribution in [2.24, 2.45) is 0 Å². The molecule has 0 bridgehead atoms. The number of benzene rings is 2. The van der Waals surface area contributed by atoms with Crippen LogP contribution >= 0.6 is 0 Å². The highest BCUT2D eigenvalue weighted by atomic mass is 16.3. The van der Waals surface area contributed by atoms with Crippen LogP contribution in [0.25, 0.3) is 0 Å². The molecule has 33 heavy (non-hydrogen) atoms. The summed E-state index contributed by atoms with van der Waals surface area (Å²) in [5.74, 6) is 0.136. The van der Waals surface area contributed by atoms with Crippen molar-refractivity contribution in [3.05, 3.63) is 58.7 Å². The summed E-state index contributed by atoms with van der Waals surface area (Å²) in [5.41, 5.74) is 3.26. The number of nitrogens with zero attached hydrogens (tertiary/aromatic N) is 1. The van der Waals surface area contributed by atoms with Crippen LogP contribution in [-0.4, -0.2) is 33.9 Å². The molecule has 2 N–H and O–H groups in total. The second-order valence-corrected chi connectivity index (χ2v) is 9.79. The van der Waals surface area contributed by atoms with Crippen LogP contribution in [0.1, 0.15) is 96.1 Å². The zero-order chi connectivity index (χ0) is 23.4. The lowest BCUT2D eigenvalue weighted by atomic mass is 9.88. The molecular weight excluding hydrogens is 412 g/mol. The van der Waals surface area contributed by atoms with Gasteiger partial charge in [-0.25, -0.2) is 0 Å². The van der Waals surface area contributed by atoms with Crippen molar-refractivity contribution in [1.29, 1.82) is 0 Å². The molecule has 2 aliphatic rings. The first-order chi connectivity index (χ1) is 15.9. The van der Waals surface area contributed by atoms with Crippen LogP contribution in [0.3, 0.4) is 0 Å². The second-order valence-electron chi connectivity index (χ2n) is 9.79. The minimum atomic E-state index is -0.227. The van der Waals surface area contributed by atoms with Crippen molar-refractivity contribution >= 4 is 17.5 Å². The van der Waals surface area contributed by atoms with Crippen LogP contribution in [0, 0.1) is 13.8 Å². The Morgan fingerprint density at radius 1 is 0.788 bits per heavy atom. The zero-order valence-electron chi connectivity index (χ0n) is 19.9.